The number of likely N-dealkylation sites (tertiary alicyclic amines) is 1. The lowest BCUT2D eigenvalue weighted by atomic mass is 9.52. The number of pyridine rings is 1. The summed E-state index contributed by atoms with van der Waals surface area (Å²) in [6.45, 7) is 3.60. The molecule has 1 saturated heterocycles. The van der Waals surface area contributed by atoms with Crippen molar-refractivity contribution in [1.82, 2.24) is 14.6 Å². The molecule has 6 nitrogen and oxygen atoms in total. The molecule has 2 saturated carbocycles. The molecule has 0 radical (unpaired) electrons. The molecule has 2 aromatic rings. The monoisotopic (exact) mass is 476 g/mol. The van der Waals surface area contributed by atoms with Crippen molar-refractivity contribution < 1.29 is 17.2 Å². The lowest BCUT2D eigenvalue weighted by molar-refractivity contribution is -0.193. The second-order valence-corrected chi connectivity index (χ2v) is 11.7. The van der Waals surface area contributed by atoms with Gasteiger partial charge in [-0.3, -0.25) is 4.90 Å². The topological polar surface area (TPSA) is 74.3 Å². The van der Waals surface area contributed by atoms with E-state index < -0.39 is 15.9 Å². The number of anilines is 1. The predicted octanol–water partition coefficient (Wildman–Crippen LogP) is 4.19. The molecule has 1 aromatic carbocycles. The van der Waals surface area contributed by atoms with Gasteiger partial charge in [0, 0.05) is 44.1 Å². The molecule has 0 amide bonds. The summed E-state index contributed by atoms with van der Waals surface area (Å²) in [5.74, 6) is -2.05. The van der Waals surface area contributed by atoms with Crippen LogP contribution in [0.25, 0.3) is 0 Å². The Balaban J connectivity index is 1.17. The number of hydrogen-bond donors (Lipinski definition) is 2. The maximum Gasteiger partial charge on any atom is 0.258 e. The van der Waals surface area contributed by atoms with Crippen molar-refractivity contribution in [1.29, 1.82) is 0 Å². The summed E-state index contributed by atoms with van der Waals surface area (Å²) in [6.07, 6.45) is 2.02. The van der Waals surface area contributed by atoms with Crippen LogP contribution in [-0.2, 0) is 10.0 Å². The van der Waals surface area contributed by atoms with Crippen molar-refractivity contribution >= 4 is 15.8 Å². The highest BCUT2D eigenvalue weighted by Crippen LogP contribution is 2.62. The predicted molar refractivity (Wildman–Crippen MR) is 123 cm³/mol. The number of aromatic nitrogens is 1. The molecular formula is C24H30F2N4O2S. The van der Waals surface area contributed by atoms with Crippen LogP contribution in [0, 0.1) is 5.41 Å². The Labute approximate surface area is 193 Å². The van der Waals surface area contributed by atoms with E-state index in [9.17, 15) is 17.2 Å². The summed E-state index contributed by atoms with van der Waals surface area (Å²) >= 11 is 0. The molecule has 2 unspecified atom stereocenters. The maximum atomic E-state index is 13.2. The quantitative estimate of drug-likeness (QED) is 0.627. The highest BCUT2D eigenvalue weighted by molar-refractivity contribution is 7.89. The largest absolute Gasteiger partial charge is 0.367 e. The van der Waals surface area contributed by atoms with Crippen LogP contribution < -0.4 is 10.0 Å². The molecule has 5 rings (SSSR count). The van der Waals surface area contributed by atoms with Crippen molar-refractivity contribution in [3.8, 4) is 0 Å². The lowest BCUT2D eigenvalue weighted by Gasteiger charge is -2.57. The smallest absolute Gasteiger partial charge is 0.258 e. The van der Waals surface area contributed by atoms with Gasteiger partial charge in [-0.2, -0.15) is 0 Å². The van der Waals surface area contributed by atoms with E-state index in [4.69, 9.17) is 0 Å². The minimum Gasteiger partial charge on any atom is -0.367 e. The van der Waals surface area contributed by atoms with Gasteiger partial charge in [-0.05, 0) is 49.3 Å². The Morgan fingerprint density at radius 2 is 1.79 bits per heavy atom. The fourth-order valence-corrected chi connectivity index (χ4v) is 6.96. The highest BCUT2D eigenvalue weighted by atomic mass is 32.2. The molecule has 0 bridgehead atoms. The lowest BCUT2D eigenvalue weighted by Crippen LogP contribution is -2.57. The summed E-state index contributed by atoms with van der Waals surface area (Å²) in [5, 5.41) is 3.20. The molecule has 33 heavy (non-hydrogen) atoms. The Morgan fingerprint density at radius 3 is 2.48 bits per heavy atom. The van der Waals surface area contributed by atoms with Crippen LogP contribution in [0.4, 0.5) is 14.6 Å². The van der Waals surface area contributed by atoms with Gasteiger partial charge in [0.2, 0.25) is 5.92 Å². The number of halogens is 2. The van der Waals surface area contributed by atoms with Crippen molar-refractivity contribution in [3.05, 3.63) is 54.1 Å². The molecule has 1 spiro atoms. The number of benzene rings is 1. The zero-order valence-corrected chi connectivity index (χ0v) is 19.5. The third-order valence-corrected chi connectivity index (χ3v) is 8.77. The van der Waals surface area contributed by atoms with E-state index >= 15 is 0 Å². The second-order valence-electron chi connectivity index (χ2n) is 10.0. The van der Waals surface area contributed by atoms with Gasteiger partial charge in [0.25, 0.3) is 10.0 Å². The molecule has 3 aliphatic rings. The number of rotatable bonds is 7. The Kier molecular flexibility index (Phi) is 5.69. The first-order chi connectivity index (χ1) is 15.6. The van der Waals surface area contributed by atoms with Crippen LogP contribution >= 0.6 is 0 Å². The number of sulfonamides is 1. The van der Waals surface area contributed by atoms with Crippen molar-refractivity contribution in [3.63, 3.8) is 0 Å². The Morgan fingerprint density at radius 1 is 1.06 bits per heavy atom. The summed E-state index contributed by atoms with van der Waals surface area (Å²) in [4.78, 5) is 6.59. The molecule has 178 valence electrons. The average Bonchev–Trinajstić information content (AvgIpc) is 3.19. The zero-order chi connectivity index (χ0) is 23.3. The summed E-state index contributed by atoms with van der Waals surface area (Å²) < 4.78 is 55.2. The first-order valence-corrected chi connectivity index (χ1v) is 13.0. The second kappa shape index (κ2) is 8.29. The van der Waals surface area contributed by atoms with Crippen LogP contribution in [0.3, 0.4) is 0 Å². The number of hydrogen-bond acceptors (Lipinski definition) is 5. The molecular weight excluding hydrogens is 446 g/mol. The third kappa shape index (κ3) is 4.76. The summed E-state index contributed by atoms with van der Waals surface area (Å²) in [5.41, 5.74) is 0.974. The molecule has 2 heterocycles. The van der Waals surface area contributed by atoms with Gasteiger partial charge >= 0.3 is 0 Å². The van der Waals surface area contributed by atoms with E-state index in [0.717, 1.165) is 13.0 Å². The number of nitrogens with one attached hydrogen (secondary N) is 2. The summed E-state index contributed by atoms with van der Waals surface area (Å²) in [7, 11) is -3.76. The molecule has 1 aliphatic heterocycles. The van der Waals surface area contributed by atoms with Crippen LogP contribution in [0.2, 0.25) is 0 Å². The van der Waals surface area contributed by atoms with Crippen LogP contribution in [0.1, 0.15) is 50.6 Å². The van der Waals surface area contributed by atoms with E-state index in [2.05, 4.69) is 39.0 Å². The van der Waals surface area contributed by atoms with Gasteiger partial charge in [0.05, 0.1) is 0 Å². The van der Waals surface area contributed by atoms with Crippen molar-refractivity contribution in [2.45, 2.75) is 68.1 Å². The van der Waals surface area contributed by atoms with Crippen LogP contribution in [0.15, 0.2) is 53.6 Å². The first-order valence-electron chi connectivity index (χ1n) is 11.6. The third-order valence-electron chi connectivity index (χ3n) is 7.35. The fourth-order valence-electron chi connectivity index (χ4n) is 5.73. The van der Waals surface area contributed by atoms with Gasteiger partial charge in [-0.1, -0.05) is 36.4 Å². The van der Waals surface area contributed by atoms with Gasteiger partial charge in [-0.15, -0.1) is 0 Å². The van der Waals surface area contributed by atoms with Gasteiger partial charge < -0.3 is 5.32 Å². The Hall–Kier alpha value is -2.10. The van der Waals surface area contributed by atoms with Crippen LogP contribution in [0.5, 0.6) is 0 Å². The molecule has 9 heteroatoms. The van der Waals surface area contributed by atoms with E-state index in [-0.39, 0.29) is 41.4 Å². The van der Waals surface area contributed by atoms with E-state index in [1.807, 2.05) is 18.2 Å². The first kappa shape index (κ1) is 22.7. The van der Waals surface area contributed by atoms with Crippen molar-refractivity contribution in [2.24, 2.45) is 5.41 Å². The fraction of sp³-hybridized carbons (Fsp3) is 0.542. The summed E-state index contributed by atoms with van der Waals surface area (Å²) in [6, 6.07) is 15.2. The van der Waals surface area contributed by atoms with Gasteiger partial charge in [0.1, 0.15) is 5.82 Å². The minimum atomic E-state index is -3.76. The normalized spacial score (nSPS) is 25.4. The zero-order valence-electron chi connectivity index (χ0n) is 18.7. The molecule has 1 aromatic heterocycles. The SMILES string of the molecule is CC(c1ccccc1)N1CCC(NS(=O)(=O)c2cccc(NC3CC4(C3)CC(F)(F)C4)n2)C1. The Bertz CT molecular complexity index is 1100. The average molecular weight is 477 g/mol. The standard InChI is InChI=1S/C24H30F2N4O2S/c1-17(18-6-3-2-4-7-18)30-11-10-19(14-30)29-33(31,32)22-9-5-8-21(28-22)27-20-12-23(13-20)15-24(25,26)16-23/h2-9,17,19-20,29H,10-16H2,1H3,(H,27,28). The van der Waals surface area contributed by atoms with Crippen molar-refractivity contribution in [2.75, 3.05) is 18.4 Å². The van der Waals surface area contributed by atoms with E-state index in [0.29, 0.717) is 25.2 Å². The minimum absolute atomic E-state index is 0.0220. The molecule has 2 aliphatic carbocycles. The number of nitrogens with zero attached hydrogens (tertiary/aromatic N) is 2. The highest BCUT2D eigenvalue weighted by Gasteiger charge is 2.61. The maximum absolute atomic E-state index is 13.2. The molecule has 2 atom stereocenters. The van der Waals surface area contributed by atoms with Gasteiger partial charge in [0.15, 0.2) is 5.03 Å². The van der Waals surface area contributed by atoms with Crippen LogP contribution in [-0.4, -0.2) is 49.4 Å². The molecule has 2 N–H and O–H groups in total. The van der Waals surface area contributed by atoms with E-state index in [1.54, 1.807) is 12.1 Å². The van der Waals surface area contributed by atoms with Gasteiger partial charge in [-0.25, -0.2) is 26.9 Å². The number of alkyl halides is 2. The van der Waals surface area contributed by atoms with E-state index in [1.165, 1.54) is 11.6 Å². The molecule has 3 fully saturated rings.